The normalized spacial score (nSPS) is 11.1. The van der Waals surface area contributed by atoms with Crippen molar-refractivity contribution in [1.82, 2.24) is 9.55 Å². The zero-order valence-electron chi connectivity index (χ0n) is 14.0. The molecule has 1 heterocycles. The molecule has 0 fully saturated rings. The summed E-state index contributed by atoms with van der Waals surface area (Å²) in [5.41, 5.74) is 1.86. The van der Waals surface area contributed by atoms with Gasteiger partial charge in [-0.25, -0.2) is 4.98 Å². The van der Waals surface area contributed by atoms with Crippen molar-refractivity contribution in [1.29, 1.82) is 0 Å². The second-order valence-electron chi connectivity index (χ2n) is 5.46. The highest BCUT2D eigenvalue weighted by molar-refractivity contribution is 7.97. The van der Waals surface area contributed by atoms with Gasteiger partial charge in [-0.1, -0.05) is 24.3 Å². The van der Waals surface area contributed by atoms with Crippen LogP contribution < -0.4 is 10.1 Å². The number of fused-ring (bicyclic) bond motifs is 1. The maximum absolute atomic E-state index is 12.5. The Balaban J connectivity index is 1.83. The molecule has 8 heteroatoms. The number of ether oxygens (including phenoxy) is 1. The van der Waals surface area contributed by atoms with E-state index in [4.69, 9.17) is 0 Å². The van der Waals surface area contributed by atoms with Gasteiger partial charge in [-0.2, -0.15) is 20.5 Å². The Morgan fingerprint density at radius 2 is 1.96 bits per heavy atom. The summed E-state index contributed by atoms with van der Waals surface area (Å²) in [4.78, 5) is 17.1. The first-order valence-corrected chi connectivity index (χ1v) is 9.24. The highest BCUT2D eigenvalue weighted by atomic mass is 32.2. The maximum atomic E-state index is 12.5. The van der Waals surface area contributed by atoms with Gasteiger partial charge in [0.05, 0.1) is 22.5 Å². The van der Waals surface area contributed by atoms with Crippen LogP contribution in [0.3, 0.4) is 0 Å². The Labute approximate surface area is 153 Å². The van der Waals surface area contributed by atoms with Gasteiger partial charge < -0.3 is 14.6 Å². The summed E-state index contributed by atoms with van der Waals surface area (Å²) in [6, 6.07) is 13.7. The van der Waals surface area contributed by atoms with Crippen LogP contribution in [0.25, 0.3) is 11.0 Å². The highest BCUT2D eigenvalue weighted by Crippen LogP contribution is 2.26. The van der Waals surface area contributed by atoms with Crippen molar-refractivity contribution in [2.24, 2.45) is 0 Å². The van der Waals surface area contributed by atoms with Gasteiger partial charge in [-0.05, 0) is 30.5 Å². The summed E-state index contributed by atoms with van der Waals surface area (Å²) in [5, 5.41) is 2.64. The molecule has 26 heavy (non-hydrogen) atoms. The molecule has 0 atom stereocenters. The molecule has 3 rings (SSSR count). The number of hydrogen-bond acceptors (Lipinski definition) is 4. The maximum Gasteiger partial charge on any atom is 0.387 e. The quantitative estimate of drug-likeness (QED) is 0.672. The molecule has 0 bridgehead atoms. The number of para-hydroxylation sites is 4. The lowest BCUT2D eigenvalue weighted by Crippen LogP contribution is -2.20. The van der Waals surface area contributed by atoms with Crippen molar-refractivity contribution >= 4 is 34.4 Å². The van der Waals surface area contributed by atoms with Crippen molar-refractivity contribution in [2.45, 2.75) is 18.9 Å². The Morgan fingerprint density at radius 3 is 2.73 bits per heavy atom. The molecule has 136 valence electrons. The number of aromatic nitrogens is 2. The summed E-state index contributed by atoms with van der Waals surface area (Å²) < 4.78 is 31.3. The minimum Gasteiger partial charge on any atom is -0.433 e. The second kappa shape index (κ2) is 8.18. The number of benzene rings is 2. The number of imidazole rings is 1. The molecule has 1 aromatic heterocycles. The molecule has 0 aliphatic carbocycles. The molecule has 0 unspecified atom stereocenters. The lowest BCUT2D eigenvalue weighted by atomic mass is 10.3. The number of hydrogen-bond donors (Lipinski definition) is 1. The number of amides is 1. The predicted molar refractivity (Wildman–Crippen MR) is 98.7 cm³/mol. The van der Waals surface area contributed by atoms with Gasteiger partial charge in [0.15, 0.2) is 0 Å². The molecule has 0 saturated carbocycles. The van der Waals surface area contributed by atoms with Crippen LogP contribution in [0.15, 0.2) is 48.5 Å². The molecular weight excluding hydrogens is 360 g/mol. The fourth-order valence-corrected chi connectivity index (χ4v) is 3.12. The number of thioether (sulfide) groups is 1. The Bertz CT molecular complexity index is 914. The number of halogens is 2. The molecular formula is C18H17F2N3O2S. The summed E-state index contributed by atoms with van der Waals surface area (Å²) in [6.45, 7) is -2.93. The lowest BCUT2D eigenvalue weighted by molar-refractivity contribution is -0.116. The number of carbonyl (C=O) groups excluding carboxylic acids is 1. The topological polar surface area (TPSA) is 56.2 Å². The molecule has 5 nitrogen and oxygen atoms in total. The number of alkyl halides is 2. The van der Waals surface area contributed by atoms with E-state index in [1.807, 2.05) is 35.1 Å². The minimum absolute atomic E-state index is 0.0272. The van der Waals surface area contributed by atoms with Gasteiger partial charge in [-0.15, -0.1) is 0 Å². The van der Waals surface area contributed by atoms with Crippen LogP contribution in [0.1, 0.15) is 5.82 Å². The zero-order valence-corrected chi connectivity index (χ0v) is 14.8. The van der Waals surface area contributed by atoms with Crippen molar-refractivity contribution in [3.05, 3.63) is 54.4 Å². The van der Waals surface area contributed by atoms with Gasteiger partial charge in [0, 0.05) is 0 Å². The molecule has 2 aromatic carbocycles. The summed E-state index contributed by atoms with van der Waals surface area (Å²) in [5.74, 6) is 1.02. The fraction of sp³-hybridized carbons (Fsp3) is 0.222. The number of nitrogens with zero attached hydrogens (tertiary/aromatic N) is 2. The standard InChI is InChI=1S/C18H17F2N3O2S/c1-26-11-16-21-12-6-2-4-8-14(12)23(16)10-17(24)22-13-7-3-5-9-15(13)25-18(19)20/h2-9,18H,10-11H2,1H3,(H,22,24). The average molecular weight is 377 g/mol. The largest absolute Gasteiger partial charge is 0.433 e. The van der Waals surface area contributed by atoms with Crippen LogP contribution in [0.4, 0.5) is 14.5 Å². The van der Waals surface area contributed by atoms with E-state index >= 15 is 0 Å². The van der Waals surface area contributed by atoms with Gasteiger partial charge in [0.2, 0.25) is 5.91 Å². The van der Waals surface area contributed by atoms with E-state index in [0.717, 1.165) is 16.9 Å². The van der Waals surface area contributed by atoms with Gasteiger partial charge >= 0.3 is 6.61 Å². The van der Waals surface area contributed by atoms with E-state index in [1.54, 1.807) is 23.9 Å². The molecule has 3 aromatic rings. The van der Waals surface area contributed by atoms with Crippen LogP contribution in [-0.2, 0) is 17.1 Å². The van der Waals surface area contributed by atoms with E-state index in [2.05, 4.69) is 15.0 Å². The van der Waals surface area contributed by atoms with Gasteiger partial charge in [0.1, 0.15) is 18.1 Å². The first kappa shape index (κ1) is 18.2. The molecule has 0 radical (unpaired) electrons. The van der Waals surface area contributed by atoms with E-state index < -0.39 is 6.61 Å². The SMILES string of the molecule is CSCc1nc2ccccc2n1CC(=O)Nc1ccccc1OC(F)F. The molecule has 0 saturated heterocycles. The van der Waals surface area contributed by atoms with Crippen LogP contribution in [0, 0.1) is 0 Å². The summed E-state index contributed by atoms with van der Waals surface area (Å²) in [7, 11) is 0. The third kappa shape index (κ3) is 4.13. The van der Waals surface area contributed by atoms with E-state index in [0.29, 0.717) is 5.75 Å². The third-order valence-electron chi connectivity index (χ3n) is 3.69. The lowest BCUT2D eigenvalue weighted by Gasteiger charge is -2.13. The molecule has 0 aliphatic rings. The van der Waals surface area contributed by atoms with Crippen LogP contribution in [-0.4, -0.2) is 28.3 Å². The Morgan fingerprint density at radius 1 is 1.23 bits per heavy atom. The molecule has 1 N–H and O–H groups in total. The molecule has 0 aliphatic heterocycles. The average Bonchev–Trinajstić information content (AvgIpc) is 2.94. The van der Waals surface area contributed by atoms with Crippen LogP contribution in [0.2, 0.25) is 0 Å². The van der Waals surface area contributed by atoms with E-state index in [9.17, 15) is 13.6 Å². The van der Waals surface area contributed by atoms with Crippen molar-refractivity contribution in [2.75, 3.05) is 11.6 Å². The minimum atomic E-state index is -2.96. The van der Waals surface area contributed by atoms with Crippen LogP contribution in [0.5, 0.6) is 5.75 Å². The Kier molecular flexibility index (Phi) is 5.72. The summed E-state index contributed by atoms with van der Waals surface area (Å²) in [6.07, 6.45) is 1.96. The van der Waals surface area contributed by atoms with Crippen molar-refractivity contribution < 1.29 is 18.3 Å². The van der Waals surface area contributed by atoms with Crippen molar-refractivity contribution in [3.8, 4) is 5.75 Å². The first-order valence-electron chi connectivity index (χ1n) is 7.85. The molecule has 1 amide bonds. The van der Waals surface area contributed by atoms with E-state index in [1.165, 1.54) is 12.1 Å². The molecule has 0 spiro atoms. The van der Waals surface area contributed by atoms with Gasteiger partial charge in [0.25, 0.3) is 0 Å². The van der Waals surface area contributed by atoms with Crippen LogP contribution >= 0.6 is 11.8 Å². The predicted octanol–water partition coefficient (Wildman–Crippen LogP) is 4.14. The first-order chi connectivity index (χ1) is 12.6. The summed E-state index contributed by atoms with van der Waals surface area (Å²) >= 11 is 1.61. The Hall–Kier alpha value is -2.61. The van der Waals surface area contributed by atoms with Gasteiger partial charge in [-0.3, -0.25) is 4.79 Å². The number of rotatable bonds is 7. The third-order valence-corrected chi connectivity index (χ3v) is 4.23. The highest BCUT2D eigenvalue weighted by Gasteiger charge is 2.15. The zero-order chi connectivity index (χ0) is 18.5. The number of anilines is 1. The van der Waals surface area contributed by atoms with E-state index in [-0.39, 0.29) is 23.9 Å². The number of nitrogens with one attached hydrogen (secondary N) is 1. The van der Waals surface area contributed by atoms with Crippen molar-refractivity contribution in [3.63, 3.8) is 0 Å². The fourth-order valence-electron chi connectivity index (χ4n) is 2.64. The number of carbonyl (C=O) groups is 1. The second-order valence-corrected chi connectivity index (χ2v) is 6.32. The monoisotopic (exact) mass is 377 g/mol. The smallest absolute Gasteiger partial charge is 0.387 e.